The number of hydrogen-bond acceptors (Lipinski definition) is 5. The van der Waals surface area contributed by atoms with Gasteiger partial charge in [0.1, 0.15) is 0 Å². The van der Waals surface area contributed by atoms with E-state index in [1.807, 2.05) is 6.92 Å². The third kappa shape index (κ3) is 5.06. The highest BCUT2D eigenvalue weighted by Crippen LogP contribution is 2.28. The summed E-state index contributed by atoms with van der Waals surface area (Å²) < 4.78 is 51.7. The molecule has 3 atom stereocenters. The van der Waals surface area contributed by atoms with Crippen molar-refractivity contribution in [3.63, 3.8) is 0 Å². The van der Waals surface area contributed by atoms with Gasteiger partial charge in [-0.2, -0.15) is 4.31 Å². The molecular weight excluding hydrogens is 424 g/mol. The summed E-state index contributed by atoms with van der Waals surface area (Å²) in [4.78, 5) is 14.9. The van der Waals surface area contributed by atoms with Gasteiger partial charge in [0.2, 0.25) is 10.0 Å². The maximum absolute atomic E-state index is 13.2. The fourth-order valence-electron chi connectivity index (χ4n) is 4.62. The number of rotatable bonds is 6. The Balaban J connectivity index is 1.87. The van der Waals surface area contributed by atoms with Crippen LogP contribution in [0.1, 0.15) is 50.4 Å². The Kier molecular flexibility index (Phi) is 6.94. The molecule has 168 valence electrons. The normalized spacial score (nSPS) is 27.1. The Morgan fingerprint density at radius 1 is 1.20 bits per heavy atom. The second kappa shape index (κ2) is 8.96. The van der Waals surface area contributed by atoms with Crippen LogP contribution in [0, 0.1) is 11.8 Å². The zero-order valence-corrected chi connectivity index (χ0v) is 19.6. The van der Waals surface area contributed by atoms with Crippen LogP contribution in [-0.2, 0) is 19.9 Å². The molecule has 0 aromatic heterocycles. The van der Waals surface area contributed by atoms with Crippen molar-refractivity contribution in [2.45, 2.75) is 51.0 Å². The maximum atomic E-state index is 13.2. The summed E-state index contributed by atoms with van der Waals surface area (Å²) >= 11 is 0. The van der Waals surface area contributed by atoms with E-state index in [1.165, 1.54) is 16.4 Å². The predicted molar refractivity (Wildman–Crippen MR) is 117 cm³/mol. The molecule has 0 spiro atoms. The average molecular weight is 457 g/mol. The number of benzene rings is 1. The monoisotopic (exact) mass is 456 g/mol. The first-order valence-electron chi connectivity index (χ1n) is 10.6. The molecule has 2 heterocycles. The minimum absolute atomic E-state index is 0.0275. The van der Waals surface area contributed by atoms with Crippen LogP contribution in [0.15, 0.2) is 29.2 Å². The first kappa shape index (κ1) is 23.2. The standard InChI is InChI=1S/C21H32N2O5S2/c1-4-9-23(19-8-10-29(25,26)15-19)21(24)18-6-5-7-20(12-18)30(27,28)22-13-16(2)11-17(3)14-22/h5-7,12,16-17,19H,4,8-11,13-15H2,1-3H3. The number of sulfone groups is 1. The summed E-state index contributed by atoms with van der Waals surface area (Å²) in [6, 6.07) is 5.81. The average Bonchev–Trinajstić information content (AvgIpc) is 3.04. The fraction of sp³-hybridized carbons (Fsp3) is 0.667. The first-order chi connectivity index (χ1) is 14.0. The van der Waals surface area contributed by atoms with Crippen LogP contribution in [0.4, 0.5) is 0 Å². The minimum Gasteiger partial charge on any atom is -0.335 e. The molecule has 2 saturated heterocycles. The molecular formula is C21H32N2O5S2. The number of carbonyl (C=O) groups is 1. The molecule has 0 bridgehead atoms. The van der Waals surface area contributed by atoms with E-state index >= 15 is 0 Å². The van der Waals surface area contributed by atoms with E-state index < -0.39 is 19.9 Å². The van der Waals surface area contributed by atoms with Crippen LogP contribution in [0.2, 0.25) is 0 Å². The summed E-state index contributed by atoms with van der Waals surface area (Å²) in [7, 11) is -6.82. The van der Waals surface area contributed by atoms with Gasteiger partial charge in [-0.05, 0) is 49.3 Å². The van der Waals surface area contributed by atoms with E-state index in [-0.39, 0.29) is 45.7 Å². The van der Waals surface area contributed by atoms with Crippen molar-refractivity contribution in [3.05, 3.63) is 29.8 Å². The molecule has 1 aromatic carbocycles. The Bertz CT molecular complexity index is 980. The van der Waals surface area contributed by atoms with Crippen LogP contribution in [0.25, 0.3) is 0 Å². The molecule has 2 fully saturated rings. The Hall–Kier alpha value is -1.45. The number of hydrogen-bond donors (Lipinski definition) is 0. The molecule has 30 heavy (non-hydrogen) atoms. The van der Waals surface area contributed by atoms with E-state index in [0.29, 0.717) is 32.5 Å². The second-order valence-electron chi connectivity index (χ2n) is 8.85. The number of carbonyl (C=O) groups excluding carboxylic acids is 1. The van der Waals surface area contributed by atoms with Gasteiger partial charge >= 0.3 is 0 Å². The smallest absolute Gasteiger partial charge is 0.254 e. The maximum Gasteiger partial charge on any atom is 0.254 e. The number of nitrogens with zero attached hydrogens (tertiary/aromatic N) is 2. The molecule has 0 saturated carbocycles. The molecule has 1 aromatic rings. The summed E-state index contributed by atoms with van der Waals surface area (Å²) in [5.74, 6) is 0.331. The van der Waals surface area contributed by atoms with Crippen molar-refractivity contribution in [3.8, 4) is 0 Å². The lowest BCUT2D eigenvalue weighted by Crippen LogP contribution is -2.43. The Morgan fingerprint density at radius 2 is 1.87 bits per heavy atom. The quantitative estimate of drug-likeness (QED) is 0.655. The van der Waals surface area contributed by atoms with Crippen molar-refractivity contribution in [2.75, 3.05) is 31.1 Å². The third-order valence-electron chi connectivity index (χ3n) is 5.93. The van der Waals surface area contributed by atoms with E-state index in [9.17, 15) is 21.6 Å². The lowest BCUT2D eigenvalue weighted by Gasteiger charge is -2.34. The molecule has 3 unspecified atom stereocenters. The molecule has 7 nitrogen and oxygen atoms in total. The SMILES string of the molecule is CCCN(C(=O)c1cccc(S(=O)(=O)N2CC(C)CC(C)C2)c1)C1CCS(=O)(=O)C1. The number of amides is 1. The van der Waals surface area contributed by atoms with E-state index in [1.54, 1.807) is 17.0 Å². The molecule has 3 rings (SSSR count). The molecule has 2 aliphatic heterocycles. The third-order valence-corrected chi connectivity index (χ3v) is 9.51. The molecule has 1 amide bonds. The second-order valence-corrected chi connectivity index (χ2v) is 13.0. The van der Waals surface area contributed by atoms with Gasteiger partial charge in [-0.15, -0.1) is 0 Å². The number of sulfonamides is 1. The molecule has 2 aliphatic rings. The molecule has 0 radical (unpaired) electrons. The summed E-state index contributed by atoms with van der Waals surface area (Å²) in [5, 5.41) is 0. The minimum atomic E-state index is -3.69. The van der Waals surface area contributed by atoms with Crippen LogP contribution < -0.4 is 0 Å². The van der Waals surface area contributed by atoms with Gasteiger partial charge < -0.3 is 4.90 Å². The van der Waals surface area contributed by atoms with Gasteiger partial charge in [0.05, 0.1) is 16.4 Å². The van der Waals surface area contributed by atoms with E-state index in [4.69, 9.17) is 0 Å². The Labute approximate surface area is 180 Å². The first-order valence-corrected chi connectivity index (χ1v) is 13.9. The van der Waals surface area contributed by atoms with Crippen LogP contribution in [0.5, 0.6) is 0 Å². The zero-order chi connectivity index (χ0) is 22.1. The zero-order valence-electron chi connectivity index (χ0n) is 18.0. The lowest BCUT2D eigenvalue weighted by atomic mass is 9.94. The summed E-state index contributed by atoms with van der Waals surface area (Å²) in [6.07, 6.45) is 2.13. The van der Waals surface area contributed by atoms with Gasteiger partial charge in [-0.3, -0.25) is 4.79 Å². The van der Waals surface area contributed by atoms with Crippen LogP contribution in [-0.4, -0.2) is 69.1 Å². The van der Waals surface area contributed by atoms with Gasteiger partial charge in [-0.1, -0.05) is 26.8 Å². The Morgan fingerprint density at radius 3 is 2.43 bits per heavy atom. The van der Waals surface area contributed by atoms with Crippen LogP contribution >= 0.6 is 0 Å². The van der Waals surface area contributed by atoms with Gasteiger partial charge in [-0.25, -0.2) is 16.8 Å². The molecule has 0 N–H and O–H groups in total. The summed E-state index contributed by atoms with van der Waals surface area (Å²) in [6.45, 7) is 7.44. The molecule has 0 aliphatic carbocycles. The van der Waals surface area contributed by atoms with Crippen molar-refractivity contribution >= 4 is 25.8 Å². The topological polar surface area (TPSA) is 91.8 Å². The number of piperidine rings is 1. The van der Waals surface area contributed by atoms with Gasteiger partial charge in [0, 0.05) is 31.2 Å². The van der Waals surface area contributed by atoms with Gasteiger partial charge in [0.25, 0.3) is 5.91 Å². The highest BCUT2D eigenvalue weighted by Gasteiger charge is 2.36. The largest absolute Gasteiger partial charge is 0.335 e. The lowest BCUT2D eigenvalue weighted by molar-refractivity contribution is 0.0697. The molecule has 9 heteroatoms. The summed E-state index contributed by atoms with van der Waals surface area (Å²) in [5.41, 5.74) is 0.284. The van der Waals surface area contributed by atoms with Crippen LogP contribution in [0.3, 0.4) is 0 Å². The van der Waals surface area contributed by atoms with Crippen molar-refractivity contribution in [1.29, 1.82) is 0 Å². The highest BCUT2D eigenvalue weighted by molar-refractivity contribution is 7.91. The van der Waals surface area contributed by atoms with E-state index in [2.05, 4.69) is 13.8 Å². The fourth-order valence-corrected chi connectivity index (χ4v) is 8.08. The van der Waals surface area contributed by atoms with Gasteiger partial charge in [0.15, 0.2) is 9.84 Å². The predicted octanol–water partition coefficient (Wildman–Crippen LogP) is 2.39. The highest BCUT2D eigenvalue weighted by atomic mass is 32.2. The van der Waals surface area contributed by atoms with Crippen molar-refractivity contribution < 1.29 is 21.6 Å². The van der Waals surface area contributed by atoms with Crippen molar-refractivity contribution in [1.82, 2.24) is 9.21 Å². The van der Waals surface area contributed by atoms with E-state index in [0.717, 1.165) is 6.42 Å². The van der Waals surface area contributed by atoms with Crippen molar-refractivity contribution in [2.24, 2.45) is 11.8 Å².